The maximum Gasteiger partial charge on any atom is 0.324 e. The van der Waals surface area contributed by atoms with Crippen molar-refractivity contribution in [2.24, 2.45) is 0 Å². The molecule has 4 nitrogen and oxygen atoms in total. The quantitative estimate of drug-likeness (QED) is 0.510. The standard InChI is InChI=1S/C10H9ClF4N2O2/c1-5-2-8(17(18)19)6(11)3-7(5)16-4-10(14,15)9(12)13/h2-3,9,16H,4H2,1H3. The first-order valence-electron chi connectivity index (χ1n) is 4.99. The van der Waals surface area contributed by atoms with Gasteiger partial charge in [0.1, 0.15) is 5.02 Å². The van der Waals surface area contributed by atoms with Crippen LogP contribution in [0.4, 0.5) is 28.9 Å². The number of nitrogens with one attached hydrogen (secondary N) is 1. The molecule has 1 N–H and O–H groups in total. The van der Waals surface area contributed by atoms with E-state index in [1.807, 2.05) is 0 Å². The predicted molar refractivity (Wildman–Crippen MR) is 62.3 cm³/mol. The Bertz CT molecular complexity index is 497. The van der Waals surface area contributed by atoms with E-state index in [4.69, 9.17) is 11.6 Å². The van der Waals surface area contributed by atoms with Crippen molar-refractivity contribution in [3.05, 3.63) is 32.8 Å². The molecule has 0 bridgehead atoms. The molecule has 0 aromatic heterocycles. The molecule has 0 unspecified atom stereocenters. The Kier molecular flexibility index (Phi) is 4.56. The molecule has 0 heterocycles. The Hall–Kier alpha value is -1.57. The van der Waals surface area contributed by atoms with Crippen LogP contribution in [0.2, 0.25) is 5.02 Å². The Morgan fingerprint density at radius 1 is 1.47 bits per heavy atom. The summed E-state index contributed by atoms with van der Waals surface area (Å²) in [6, 6.07) is 2.13. The molecule has 106 valence electrons. The highest BCUT2D eigenvalue weighted by Crippen LogP contribution is 2.31. The first kappa shape index (κ1) is 15.5. The van der Waals surface area contributed by atoms with Gasteiger partial charge in [0.05, 0.1) is 11.5 Å². The summed E-state index contributed by atoms with van der Waals surface area (Å²) in [7, 11) is 0. The van der Waals surface area contributed by atoms with Crippen LogP contribution >= 0.6 is 11.6 Å². The van der Waals surface area contributed by atoms with Crippen LogP contribution in [0.1, 0.15) is 5.56 Å². The van der Waals surface area contributed by atoms with Crippen molar-refractivity contribution in [3.8, 4) is 0 Å². The molecular weight excluding hydrogens is 292 g/mol. The van der Waals surface area contributed by atoms with Crippen LogP contribution < -0.4 is 5.32 Å². The molecule has 0 aliphatic heterocycles. The molecule has 19 heavy (non-hydrogen) atoms. The molecule has 0 saturated carbocycles. The third-order valence-corrected chi connectivity index (χ3v) is 2.63. The number of rotatable bonds is 5. The number of nitrogens with zero attached hydrogens (tertiary/aromatic N) is 1. The van der Waals surface area contributed by atoms with Gasteiger partial charge >= 0.3 is 12.3 Å². The van der Waals surface area contributed by atoms with Crippen LogP contribution in [0.5, 0.6) is 0 Å². The lowest BCUT2D eigenvalue weighted by atomic mass is 10.1. The first-order chi connectivity index (χ1) is 8.65. The van der Waals surface area contributed by atoms with E-state index in [0.717, 1.165) is 12.1 Å². The topological polar surface area (TPSA) is 55.2 Å². The zero-order chi connectivity index (χ0) is 14.8. The lowest BCUT2D eigenvalue weighted by Gasteiger charge is -2.17. The summed E-state index contributed by atoms with van der Waals surface area (Å²) in [5.74, 6) is -4.19. The maximum atomic E-state index is 12.7. The van der Waals surface area contributed by atoms with Crippen LogP contribution in [0, 0.1) is 17.0 Å². The van der Waals surface area contributed by atoms with E-state index in [1.54, 1.807) is 0 Å². The maximum absolute atomic E-state index is 12.7. The normalized spacial score (nSPS) is 11.7. The Labute approximate surface area is 110 Å². The zero-order valence-corrected chi connectivity index (χ0v) is 10.3. The van der Waals surface area contributed by atoms with Gasteiger partial charge in [-0.2, -0.15) is 8.78 Å². The van der Waals surface area contributed by atoms with Gasteiger partial charge in [0, 0.05) is 11.8 Å². The molecule has 9 heteroatoms. The number of nitro benzene ring substituents is 1. The van der Waals surface area contributed by atoms with Gasteiger partial charge in [-0.3, -0.25) is 10.1 Å². The van der Waals surface area contributed by atoms with Crippen molar-refractivity contribution in [2.45, 2.75) is 19.3 Å². The third-order valence-electron chi connectivity index (χ3n) is 2.32. The second kappa shape index (κ2) is 5.60. The Morgan fingerprint density at radius 2 is 2.05 bits per heavy atom. The second-order valence-corrected chi connectivity index (χ2v) is 4.20. The van der Waals surface area contributed by atoms with E-state index in [1.165, 1.54) is 6.92 Å². The summed E-state index contributed by atoms with van der Waals surface area (Å²) in [6.45, 7) is 0.117. The fraction of sp³-hybridized carbons (Fsp3) is 0.400. The van der Waals surface area contributed by atoms with Crippen LogP contribution in [0.15, 0.2) is 12.1 Å². The van der Waals surface area contributed by atoms with Gasteiger partial charge in [0.2, 0.25) is 0 Å². The van der Waals surface area contributed by atoms with E-state index < -0.39 is 23.8 Å². The van der Waals surface area contributed by atoms with E-state index in [-0.39, 0.29) is 22.0 Å². The fourth-order valence-corrected chi connectivity index (χ4v) is 1.52. The average Bonchev–Trinajstić information content (AvgIpc) is 2.29. The summed E-state index contributed by atoms with van der Waals surface area (Å²) in [5.41, 5.74) is -0.0950. The van der Waals surface area contributed by atoms with Gasteiger partial charge < -0.3 is 5.32 Å². The predicted octanol–water partition coefficient (Wildman–Crippen LogP) is 3.87. The minimum atomic E-state index is -4.19. The van der Waals surface area contributed by atoms with E-state index in [9.17, 15) is 27.7 Å². The van der Waals surface area contributed by atoms with Crippen molar-refractivity contribution >= 4 is 23.0 Å². The van der Waals surface area contributed by atoms with Gasteiger partial charge in [-0.05, 0) is 18.6 Å². The largest absolute Gasteiger partial charge is 0.378 e. The van der Waals surface area contributed by atoms with Gasteiger partial charge in [0.15, 0.2) is 0 Å². The van der Waals surface area contributed by atoms with Gasteiger partial charge in [0.25, 0.3) is 5.69 Å². The second-order valence-electron chi connectivity index (χ2n) is 3.79. The van der Waals surface area contributed by atoms with Crippen LogP contribution in [0.3, 0.4) is 0 Å². The molecule has 1 aromatic carbocycles. The molecule has 0 fully saturated rings. The SMILES string of the molecule is Cc1cc([N+](=O)[O-])c(Cl)cc1NCC(F)(F)C(F)F. The minimum absolute atomic E-state index is 0.0379. The van der Waals surface area contributed by atoms with Gasteiger partial charge in [-0.15, -0.1) is 0 Å². The molecule has 0 spiro atoms. The summed E-state index contributed by atoms with van der Waals surface area (Å²) in [5, 5.41) is 12.4. The zero-order valence-electron chi connectivity index (χ0n) is 9.59. The van der Waals surface area contributed by atoms with Crippen molar-refractivity contribution in [3.63, 3.8) is 0 Å². The number of aryl methyl sites for hydroxylation is 1. The third kappa shape index (κ3) is 3.69. The number of alkyl halides is 4. The molecule has 1 rings (SSSR count). The molecular formula is C10H9ClF4N2O2. The van der Waals surface area contributed by atoms with Crippen molar-refractivity contribution in [1.82, 2.24) is 0 Å². The van der Waals surface area contributed by atoms with Crippen molar-refractivity contribution < 1.29 is 22.5 Å². The lowest BCUT2D eigenvalue weighted by molar-refractivity contribution is -0.384. The number of nitro groups is 1. The summed E-state index contributed by atoms with van der Waals surface area (Å²) < 4.78 is 49.4. The lowest BCUT2D eigenvalue weighted by Crippen LogP contribution is -2.34. The van der Waals surface area contributed by atoms with Crippen molar-refractivity contribution in [1.29, 1.82) is 0 Å². The summed E-state index contributed by atoms with van der Waals surface area (Å²) in [6.07, 6.45) is -3.80. The van der Waals surface area contributed by atoms with Crippen LogP contribution in [0.25, 0.3) is 0 Å². The highest BCUT2D eigenvalue weighted by atomic mass is 35.5. The number of halogens is 5. The average molecular weight is 301 g/mol. The van der Waals surface area contributed by atoms with Gasteiger partial charge in [-0.1, -0.05) is 11.6 Å². The van der Waals surface area contributed by atoms with Crippen LogP contribution in [-0.2, 0) is 0 Å². The molecule has 0 amide bonds. The van der Waals surface area contributed by atoms with Crippen LogP contribution in [-0.4, -0.2) is 23.8 Å². The number of anilines is 1. The van der Waals surface area contributed by atoms with E-state index in [0.29, 0.717) is 0 Å². The highest BCUT2D eigenvalue weighted by molar-refractivity contribution is 6.33. The minimum Gasteiger partial charge on any atom is -0.378 e. The number of hydrogen-bond donors (Lipinski definition) is 1. The molecule has 0 saturated heterocycles. The summed E-state index contributed by atoms with van der Waals surface area (Å²) in [4.78, 5) is 9.84. The number of hydrogen-bond acceptors (Lipinski definition) is 3. The first-order valence-corrected chi connectivity index (χ1v) is 5.37. The molecule has 0 aliphatic rings. The highest BCUT2D eigenvalue weighted by Gasteiger charge is 2.40. The Balaban J connectivity index is 2.92. The van der Waals surface area contributed by atoms with Crippen molar-refractivity contribution in [2.75, 3.05) is 11.9 Å². The van der Waals surface area contributed by atoms with Gasteiger partial charge in [-0.25, -0.2) is 8.78 Å². The monoisotopic (exact) mass is 300 g/mol. The molecule has 0 radical (unpaired) electrons. The fourth-order valence-electron chi connectivity index (χ4n) is 1.29. The summed E-state index contributed by atoms with van der Waals surface area (Å²) >= 11 is 5.59. The van der Waals surface area contributed by atoms with E-state index >= 15 is 0 Å². The molecule has 1 aromatic rings. The smallest absolute Gasteiger partial charge is 0.324 e. The van der Waals surface area contributed by atoms with E-state index in [2.05, 4.69) is 5.32 Å². The molecule has 0 atom stereocenters. The molecule has 0 aliphatic carbocycles. The number of benzene rings is 1. The Morgan fingerprint density at radius 3 is 2.53 bits per heavy atom.